The standard InChI is InChI=1S/C21H31N5OS/c1-4-11-25-12-9-18(10-13-25)22-19(27)15-28-21-24-23-20(26(21)5-2)17-8-6-7-16(3)14-17/h6-8,14,18H,4-5,9-13,15H2,1-3H3,(H,22,27). The zero-order valence-electron chi connectivity index (χ0n) is 17.1. The van der Waals surface area contributed by atoms with Crippen molar-refractivity contribution in [2.75, 3.05) is 25.4 Å². The highest BCUT2D eigenvalue weighted by molar-refractivity contribution is 7.99. The summed E-state index contributed by atoms with van der Waals surface area (Å²) >= 11 is 1.46. The number of nitrogens with one attached hydrogen (secondary N) is 1. The molecule has 1 aliphatic heterocycles. The minimum absolute atomic E-state index is 0.0849. The molecule has 28 heavy (non-hydrogen) atoms. The minimum atomic E-state index is 0.0849. The van der Waals surface area contributed by atoms with Crippen LogP contribution < -0.4 is 5.32 Å². The van der Waals surface area contributed by atoms with E-state index in [2.05, 4.69) is 64.0 Å². The summed E-state index contributed by atoms with van der Waals surface area (Å²) in [5, 5.41) is 12.7. The van der Waals surface area contributed by atoms with Crippen molar-refractivity contribution >= 4 is 17.7 Å². The highest BCUT2D eigenvalue weighted by Crippen LogP contribution is 2.24. The number of nitrogens with zero attached hydrogens (tertiary/aromatic N) is 4. The number of amides is 1. The third-order valence-corrected chi connectivity index (χ3v) is 6.10. The Morgan fingerprint density at radius 1 is 1.25 bits per heavy atom. The summed E-state index contributed by atoms with van der Waals surface area (Å²) in [5.74, 6) is 1.32. The SMILES string of the molecule is CCCN1CCC(NC(=O)CSc2nnc(-c3cccc(C)c3)n2CC)CC1. The smallest absolute Gasteiger partial charge is 0.230 e. The van der Waals surface area contributed by atoms with Crippen molar-refractivity contribution in [1.82, 2.24) is 25.0 Å². The first-order valence-electron chi connectivity index (χ1n) is 10.3. The van der Waals surface area contributed by atoms with Gasteiger partial charge in [0.15, 0.2) is 11.0 Å². The van der Waals surface area contributed by atoms with E-state index in [1.807, 2.05) is 6.07 Å². The Hall–Kier alpha value is -1.86. The van der Waals surface area contributed by atoms with E-state index in [1.54, 1.807) is 0 Å². The van der Waals surface area contributed by atoms with Gasteiger partial charge in [0.25, 0.3) is 0 Å². The predicted molar refractivity (Wildman–Crippen MR) is 114 cm³/mol. The van der Waals surface area contributed by atoms with E-state index < -0.39 is 0 Å². The largest absolute Gasteiger partial charge is 0.353 e. The third-order valence-electron chi connectivity index (χ3n) is 5.13. The van der Waals surface area contributed by atoms with Crippen molar-refractivity contribution in [2.24, 2.45) is 0 Å². The van der Waals surface area contributed by atoms with Crippen LogP contribution in [0.5, 0.6) is 0 Å². The molecule has 7 heteroatoms. The number of likely N-dealkylation sites (tertiary alicyclic amines) is 1. The number of aryl methyl sites for hydroxylation is 1. The first-order chi connectivity index (χ1) is 13.6. The Kier molecular flexibility index (Phi) is 7.50. The van der Waals surface area contributed by atoms with Crippen LogP contribution in [0.4, 0.5) is 0 Å². The van der Waals surface area contributed by atoms with E-state index >= 15 is 0 Å². The Morgan fingerprint density at radius 2 is 2.04 bits per heavy atom. The quantitative estimate of drug-likeness (QED) is 0.687. The molecule has 2 heterocycles. The summed E-state index contributed by atoms with van der Waals surface area (Å²) in [6, 6.07) is 8.57. The zero-order chi connectivity index (χ0) is 19.9. The molecule has 1 aromatic heterocycles. The molecule has 1 saturated heterocycles. The zero-order valence-corrected chi connectivity index (χ0v) is 18.0. The second kappa shape index (κ2) is 10.1. The van der Waals surface area contributed by atoms with E-state index in [0.29, 0.717) is 11.8 Å². The van der Waals surface area contributed by atoms with Crippen LogP contribution >= 0.6 is 11.8 Å². The fourth-order valence-corrected chi connectivity index (χ4v) is 4.51. The number of hydrogen-bond donors (Lipinski definition) is 1. The summed E-state index contributed by atoms with van der Waals surface area (Å²) in [6.07, 6.45) is 3.27. The molecule has 1 aromatic carbocycles. The van der Waals surface area contributed by atoms with E-state index in [0.717, 1.165) is 55.6 Å². The van der Waals surface area contributed by atoms with Gasteiger partial charge in [0.05, 0.1) is 5.75 Å². The van der Waals surface area contributed by atoms with Crippen LogP contribution in [0.3, 0.4) is 0 Å². The average Bonchev–Trinajstić information content (AvgIpc) is 3.11. The molecule has 0 radical (unpaired) electrons. The summed E-state index contributed by atoms with van der Waals surface area (Å²) < 4.78 is 2.08. The monoisotopic (exact) mass is 401 g/mol. The van der Waals surface area contributed by atoms with Gasteiger partial charge in [0.2, 0.25) is 5.91 Å². The molecule has 0 bridgehead atoms. The first kappa shape index (κ1) is 20.9. The molecule has 3 rings (SSSR count). The molecule has 0 atom stereocenters. The predicted octanol–water partition coefficient (Wildman–Crippen LogP) is 3.36. The van der Waals surface area contributed by atoms with Gasteiger partial charge >= 0.3 is 0 Å². The van der Waals surface area contributed by atoms with E-state index in [9.17, 15) is 4.79 Å². The molecular weight excluding hydrogens is 370 g/mol. The maximum absolute atomic E-state index is 12.4. The lowest BCUT2D eigenvalue weighted by atomic mass is 10.1. The molecule has 0 aliphatic carbocycles. The summed E-state index contributed by atoms with van der Waals surface area (Å²) in [4.78, 5) is 14.9. The average molecular weight is 402 g/mol. The lowest BCUT2D eigenvalue weighted by molar-refractivity contribution is -0.119. The van der Waals surface area contributed by atoms with E-state index in [1.165, 1.54) is 23.7 Å². The van der Waals surface area contributed by atoms with Crippen LogP contribution in [0.15, 0.2) is 29.4 Å². The lowest BCUT2D eigenvalue weighted by Crippen LogP contribution is -2.45. The molecule has 0 saturated carbocycles. The molecular formula is C21H31N5OS. The van der Waals surface area contributed by atoms with Crippen molar-refractivity contribution in [3.8, 4) is 11.4 Å². The van der Waals surface area contributed by atoms with Crippen molar-refractivity contribution in [1.29, 1.82) is 0 Å². The summed E-state index contributed by atoms with van der Waals surface area (Å²) in [6.45, 7) is 10.5. The number of piperidine rings is 1. The van der Waals surface area contributed by atoms with Crippen molar-refractivity contribution in [3.05, 3.63) is 29.8 Å². The Morgan fingerprint density at radius 3 is 2.71 bits per heavy atom. The van der Waals surface area contributed by atoms with Crippen molar-refractivity contribution in [2.45, 2.75) is 57.8 Å². The van der Waals surface area contributed by atoms with Gasteiger partial charge in [-0.1, -0.05) is 42.4 Å². The number of rotatable bonds is 8. The molecule has 2 aromatic rings. The van der Waals surface area contributed by atoms with Crippen LogP contribution in [0.2, 0.25) is 0 Å². The first-order valence-corrected chi connectivity index (χ1v) is 11.2. The fourth-order valence-electron chi connectivity index (χ4n) is 3.69. The van der Waals surface area contributed by atoms with Crippen LogP contribution in [0.25, 0.3) is 11.4 Å². The van der Waals surface area contributed by atoms with Crippen molar-refractivity contribution in [3.63, 3.8) is 0 Å². The molecule has 0 unspecified atom stereocenters. The highest BCUT2D eigenvalue weighted by atomic mass is 32.2. The Labute approximate surface area is 172 Å². The summed E-state index contributed by atoms with van der Waals surface area (Å²) in [7, 11) is 0. The van der Waals surface area contributed by atoms with E-state index in [4.69, 9.17) is 0 Å². The van der Waals surface area contributed by atoms with E-state index in [-0.39, 0.29) is 5.91 Å². The second-order valence-corrected chi connectivity index (χ2v) is 8.33. The summed E-state index contributed by atoms with van der Waals surface area (Å²) in [5.41, 5.74) is 2.26. The molecule has 1 fully saturated rings. The number of thioether (sulfide) groups is 1. The molecule has 1 amide bonds. The number of aromatic nitrogens is 3. The van der Waals surface area contributed by atoms with Crippen molar-refractivity contribution < 1.29 is 4.79 Å². The van der Waals surface area contributed by atoms with Gasteiger partial charge in [-0.3, -0.25) is 4.79 Å². The number of carbonyl (C=O) groups is 1. The molecule has 0 spiro atoms. The van der Waals surface area contributed by atoms with Gasteiger partial charge in [0.1, 0.15) is 0 Å². The maximum atomic E-state index is 12.4. The molecule has 1 N–H and O–H groups in total. The molecule has 6 nitrogen and oxygen atoms in total. The van der Waals surface area contributed by atoms with Crippen LogP contribution in [0.1, 0.15) is 38.7 Å². The van der Waals surface area contributed by atoms with Crippen LogP contribution in [-0.2, 0) is 11.3 Å². The van der Waals surface area contributed by atoms with Gasteiger partial charge in [-0.05, 0) is 45.7 Å². The van der Waals surface area contributed by atoms with Gasteiger partial charge in [-0.2, -0.15) is 0 Å². The Bertz CT molecular complexity index is 783. The minimum Gasteiger partial charge on any atom is -0.353 e. The lowest BCUT2D eigenvalue weighted by Gasteiger charge is -2.32. The maximum Gasteiger partial charge on any atom is 0.230 e. The second-order valence-electron chi connectivity index (χ2n) is 7.39. The number of benzene rings is 1. The van der Waals surface area contributed by atoms with Crippen LogP contribution in [-0.4, -0.2) is 57.0 Å². The van der Waals surface area contributed by atoms with Crippen LogP contribution in [0, 0.1) is 6.92 Å². The number of hydrogen-bond acceptors (Lipinski definition) is 5. The highest BCUT2D eigenvalue weighted by Gasteiger charge is 2.21. The Balaban J connectivity index is 1.54. The van der Waals surface area contributed by atoms with Gasteiger partial charge in [0, 0.05) is 31.2 Å². The van der Waals surface area contributed by atoms with Gasteiger partial charge < -0.3 is 14.8 Å². The number of carbonyl (C=O) groups excluding carboxylic acids is 1. The normalized spacial score (nSPS) is 15.7. The topological polar surface area (TPSA) is 63.1 Å². The molecule has 1 aliphatic rings. The molecule has 152 valence electrons. The third kappa shape index (κ3) is 5.35. The van der Waals surface area contributed by atoms with Gasteiger partial charge in [-0.15, -0.1) is 10.2 Å². The van der Waals surface area contributed by atoms with Gasteiger partial charge in [-0.25, -0.2) is 0 Å². The fraction of sp³-hybridized carbons (Fsp3) is 0.571.